The lowest BCUT2D eigenvalue weighted by molar-refractivity contribution is 0.0720. The Morgan fingerprint density at radius 2 is 1.90 bits per heavy atom. The average molecular weight is 292 g/mol. The number of fused-ring (bicyclic) bond motifs is 1. The molecule has 1 saturated heterocycles. The molecule has 0 unspecified atom stereocenters. The monoisotopic (exact) mass is 291 g/mol. The van der Waals surface area contributed by atoms with Crippen LogP contribution in [0.3, 0.4) is 0 Å². The Morgan fingerprint density at radius 3 is 2.65 bits per heavy atom. The summed E-state index contributed by atoms with van der Waals surface area (Å²) in [5.74, 6) is -0.250. The van der Waals surface area contributed by atoms with Crippen molar-refractivity contribution in [2.24, 2.45) is 0 Å². The van der Waals surface area contributed by atoms with E-state index in [1.807, 2.05) is 0 Å². The SMILES string of the molecule is O=C(c1cc2cc(Cl)ccc2oc1=O)N1CCCCC1. The highest BCUT2D eigenvalue weighted by atomic mass is 35.5. The first-order valence-electron chi connectivity index (χ1n) is 6.68. The topological polar surface area (TPSA) is 50.5 Å². The van der Waals surface area contributed by atoms with Crippen LogP contribution < -0.4 is 5.63 Å². The Bertz CT molecular complexity index is 717. The van der Waals surface area contributed by atoms with Crippen LogP contribution in [0.15, 0.2) is 33.5 Å². The van der Waals surface area contributed by atoms with Crippen molar-refractivity contribution in [3.63, 3.8) is 0 Å². The van der Waals surface area contributed by atoms with Gasteiger partial charge >= 0.3 is 5.63 Å². The molecule has 5 heteroatoms. The van der Waals surface area contributed by atoms with Crippen molar-refractivity contribution in [1.29, 1.82) is 0 Å². The summed E-state index contributed by atoms with van der Waals surface area (Å²) in [6, 6.07) is 6.55. The zero-order chi connectivity index (χ0) is 14.1. The highest BCUT2D eigenvalue weighted by Crippen LogP contribution is 2.20. The van der Waals surface area contributed by atoms with E-state index in [2.05, 4.69) is 0 Å². The molecule has 0 spiro atoms. The molecule has 2 heterocycles. The minimum absolute atomic E-state index is 0.0849. The van der Waals surface area contributed by atoms with E-state index in [1.165, 1.54) is 0 Å². The Balaban J connectivity index is 2.03. The van der Waals surface area contributed by atoms with Gasteiger partial charge in [-0.05, 0) is 43.5 Å². The molecule has 1 amide bonds. The van der Waals surface area contributed by atoms with Crippen LogP contribution in [0.4, 0.5) is 0 Å². The van der Waals surface area contributed by atoms with Crippen LogP contribution >= 0.6 is 11.6 Å². The van der Waals surface area contributed by atoms with E-state index in [-0.39, 0.29) is 11.5 Å². The standard InChI is InChI=1S/C15H14ClNO3/c16-11-4-5-13-10(8-11)9-12(15(19)20-13)14(18)17-6-2-1-3-7-17/h4-5,8-9H,1-3,6-7H2. The molecule has 1 aliphatic rings. The number of hydrogen-bond donors (Lipinski definition) is 0. The molecule has 0 atom stereocenters. The molecule has 1 fully saturated rings. The fourth-order valence-electron chi connectivity index (χ4n) is 2.51. The third kappa shape index (κ3) is 2.43. The molecule has 20 heavy (non-hydrogen) atoms. The van der Waals surface area contributed by atoms with Gasteiger partial charge in [0.2, 0.25) is 0 Å². The molecule has 0 bridgehead atoms. The number of rotatable bonds is 1. The van der Waals surface area contributed by atoms with Crippen molar-refractivity contribution >= 4 is 28.5 Å². The van der Waals surface area contributed by atoms with Crippen molar-refractivity contribution < 1.29 is 9.21 Å². The van der Waals surface area contributed by atoms with Crippen molar-refractivity contribution in [3.05, 3.63) is 45.3 Å². The van der Waals surface area contributed by atoms with E-state index in [4.69, 9.17) is 16.0 Å². The van der Waals surface area contributed by atoms with Crippen molar-refractivity contribution in [3.8, 4) is 0 Å². The second-order valence-electron chi connectivity index (χ2n) is 4.98. The molecule has 0 saturated carbocycles. The van der Waals surface area contributed by atoms with Crippen LogP contribution in [0, 0.1) is 0 Å². The summed E-state index contributed by atoms with van der Waals surface area (Å²) in [6.45, 7) is 1.40. The van der Waals surface area contributed by atoms with Gasteiger partial charge in [-0.25, -0.2) is 4.79 Å². The van der Waals surface area contributed by atoms with Gasteiger partial charge in [-0.1, -0.05) is 11.6 Å². The summed E-state index contributed by atoms with van der Waals surface area (Å²) in [5.41, 5.74) is -0.0633. The third-order valence-corrected chi connectivity index (χ3v) is 3.80. The lowest BCUT2D eigenvalue weighted by Crippen LogP contribution is -2.37. The van der Waals surface area contributed by atoms with E-state index < -0.39 is 5.63 Å². The highest BCUT2D eigenvalue weighted by molar-refractivity contribution is 6.31. The molecule has 0 N–H and O–H groups in total. The fourth-order valence-corrected chi connectivity index (χ4v) is 2.69. The molecular formula is C15H14ClNO3. The summed E-state index contributed by atoms with van der Waals surface area (Å²) < 4.78 is 5.20. The van der Waals surface area contributed by atoms with Crippen LogP contribution in [-0.2, 0) is 0 Å². The number of nitrogens with zero attached hydrogens (tertiary/aromatic N) is 1. The number of carbonyl (C=O) groups is 1. The molecule has 1 aromatic heterocycles. The second-order valence-corrected chi connectivity index (χ2v) is 5.42. The van der Waals surface area contributed by atoms with Gasteiger partial charge in [0.05, 0.1) is 0 Å². The summed E-state index contributed by atoms with van der Waals surface area (Å²) in [5, 5.41) is 1.21. The molecule has 2 aromatic rings. The zero-order valence-electron chi connectivity index (χ0n) is 10.9. The predicted molar refractivity (Wildman–Crippen MR) is 77.2 cm³/mol. The average Bonchev–Trinajstić information content (AvgIpc) is 2.47. The van der Waals surface area contributed by atoms with Gasteiger partial charge in [-0.3, -0.25) is 4.79 Å². The minimum Gasteiger partial charge on any atom is -0.422 e. The van der Waals surface area contributed by atoms with E-state index in [0.29, 0.717) is 29.1 Å². The van der Waals surface area contributed by atoms with Gasteiger partial charge in [0.1, 0.15) is 11.1 Å². The maximum atomic E-state index is 12.4. The van der Waals surface area contributed by atoms with Crippen LogP contribution in [-0.4, -0.2) is 23.9 Å². The maximum Gasteiger partial charge on any atom is 0.349 e. The van der Waals surface area contributed by atoms with Crippen LogP contribution in [0.2, 0.25) is 5.02 Å². The smallest absolute Gasteiger partial charge is 0.349 e. The van der Waals surface area contributed by atoms with Crippen molar-refractivity contribution in [2.45, 2.75) is 19.3 Å². The Kier molecular flexibility index (Phi) is 3.49. The van der Waals surface area contributed by atoms with E-state index in [0.717, 1.165) is 19.3 Å². The number of amides is 1. The van der Waals surface area contributed by atoms with E-state index in [9.17, 15) is 9.59 Å². The summed E-state index contributed by atoms with van der Waals surface area (Å²) in [6.07, 6.45) is 3.10. The molecular weight excluding hydrogens is 278 g/mol. The van der Waals surface area contributed by atoms with Gasteiger partial charge in [0, 0.05) is 23.5 Å². The second kappa shape index (κ2) is 5.29. The minimum atomic E-state index is -0.588. The van der Waals surface area contributed by atoms with E-state index >= 15 is 0 Å². The van der Waals surface area contributed by atoms with Crippen LogP contribution in [0.25, 0.3) is 11.0 Å². The first-order valence-corrected chi connectivity index (χ1v) is 7.05. The number of hydrogen-bond acceptors (Lipinski definition) is 3. The van der Waals surface area contributed by atoms with Gasteiger partial charge in [-0.15, -0.1) is 0 Å². The first-order chi connectivity index (χ1) is 9.65. The molecule has 4 nitrogen and oxygen atoms in total. The normalized spacial score (nSPS) is 15.6. The number of likely N-dealkylation sites (tertiary alicyclic amines) is 1. The number of halogens is 1. The number of benzene rings is 1. The molecule has 1 aromatic carbocycles. The first kappa shape index (κ1) is 13.2. The van der Waals surface area contributed by atoms with Gasteiger partial charge in [-0.2, -0.15) is 0 Å². The summed E-state index contributed by atoms with van der Waals surface area (Å²) >= 11 is 5.92. The van der Waals surface area contributed by atoms with Crippen molar-refractivity contribution in [2.75, 3.05) is 13.1 Å². The number of carbonyl (C=O) groups excluding carboxylic acids is 1. The quantitative estimate of drug-likeness (QED) is 0.759. The molecule has 104 valence electrons. The molecule has 0 aliphatic carbocycles. The van der Waals surface area contributed by atoms with Crippen molar-refractivity contribution in [1.82, 2.24) is 4.90 Å². The maximum absolute atomic E-state index is 12.4. The third-order valence-electron chi connectivity index (χ3n) is 3.57. The molecule has 3 rings (SSSR count). The van der Waals surface area contributed by atoms with Gasteiger partial charge in [0.25, 0.3) is 5.91 Å². The van der Waals surface area contributed by atoms with Crippen LogP contribution in [0.1, 0.15) is 29.6 Å². The zero-order valence-corrected chi connectivity index (χ0v) is 11.7. The largest absolute Gasteiger partial charge is 0.422 e. The lowest BCUT2D eigenvalue weighted by atomic mass is 10.1. The Labute approximate surface area is 120 Å². The molecule has 1 aliphatic heterocycles. The van der Waals surface area contributed by atoms with Gasteiger partial charge < -0.3 is 9.32 Å². The Hall–Kier alpha value is -1.81. The summed E-state index contributed by atoms with van der Waals surface area (Å²) in [4.78, 5) is 26.1. The molecule has 0 radical (unpaired) electrons. The van der Waals surface area contributed by atoms with Gasteiger partial charge in [0.15, 0.2) is 0 Å². The fraction of sp³-hybridized carbons (Fsp3) is 0.333. The number of piperidine rings is 1. The lowest BCUT2D eigenvalue weighted by Gasteiger charge is -2.26. The summed E-state index contributed by atoms with van der Waals surface area (Å²) in [7, 11) is 0. The predicted octanol–water partition coefficient (Wildman–Crippen LogP) is 3.07. The van der Waals surface area contributed by atoms with E-state index in [1.54, 1.807) is 29.2 Å². The Morgan fingerprint density at radius 1 is 1.15 bits per heavy atom. The van der Waals surface area contributed by atoms with Crippen LogP contribution in [0.5, 0.6) is 0 Å². The highest BCUT2D eigenvalue weighted by Gasteiger charge is 2.22.